The first-order valence-corrected chi connectivity index (χ1v) is 7.85. The van der Waals surface area contributed by atoms with Crippen LogP contribution in [0, 0.1) is 0 Å². The molecule has 0 spiro atoms. The number of amides is 1. The standard InChI is InChI=1S/C19H24N2O2/c1-21(17-8-4-3-5-9-17)14-12-19(22)20-13-11-16-7-6-10-18(15-16)23-2/h3-10,15H,11-14H2,1-2H3,(H,20,22). The summed E-state index contributed by atoms with van der Waals surface area (Å²) in [6.45, 7) is 1.34. The van der Waals surface area contributed by atoms with E-state index in [1.165, 1.54) is 0 Å². The van der Waals surface area contributed by atoms with Gasteiger partial charge in [0.1, 0.15) is 5.75 Å². The molecule has 0 heterocycles. The molecule has 122 valence electrons. The van der Waals surface area contributed by atoms with Gasteiger partial charge in [0.2, 0.25) is 5.91 Å². The molecular weight excluding hydrogens is 288 g/mol. The number of hydrogen-bond acceptors (Lipinski definition) is 3. The number of hydrogen-bond donors (Lipinski definition) is 1. The van der Waals surface area contributed by atoms with E-state index in [0.717, 1.165) is 23.4 Å². The molecule has 4 heteroatoms. The third-order valence-corrected chi connectivity index (χ3v) is 3.74. The van der Waals surface area contributed by atoms with Gasteiger partial charge in [-0.15, -0.1) is 0 Å². The van der Waals surface area contributed by atoms with Crippen molar-refractivity contribution in [3.05, 3.63) is 60.2 Å². The maximum Gasteiger partial charge on any atom is 0.221 e. The van der Waals surface area contributed by atoms with Crippen LogP contribution in [-0.2, 0) is 11.2 Å². The van der Waals surface area contributed by atoms with Crippen LogP contribution in [0.3, 0.4) is 0 Å². The third kappa shape index (κ3) is 5.66. The zero-order valence-corrected chi connectivity index (χ0v) is 13.8. The molecule has 0 unspecified atom stereocenters. The van der Waals surface area contributed by atoms with E-state index in [9.17, 15) is 4.79 Å². The van der Waals surface area contributed by atoms with Crippen molar-refractivity contribution in [3.8, 4) is 5.75 Å². The zero-order valence-electron chi connectivity index (χ0n) is 13.8. The lowest BCUT2D eigenvalue weighted by atomic mass is 10.1. The minimum absolute atomic E-state index is 0.0793. The first kappa shape index (κ1) is 16.9. The fourth-order valence-electron chi connectivity index (χ4n) is 2.34. The summed E-state index contributed by atoms with van der Waals surface area (Å²) in [5, 5.41) is 2.97. The fourth-order valence-corrected chi connectivity index (χ4v) is 2.34. The predicted molar refractivity (Wildman–Crippen MR) is 94.0 cm³/mol. The maximum atomic E-state index is 11.9. The van der Waals surface area contributed by atoms with E-state index < -0.39 is 0 Å². The second-order valence-corrected chi connectivity index (χ2v) is 5.46. The number of carbonyl (C=O) groups is 1. The average molecular weight is 312 g/mol. The Hall–Kier alpha value is -2.49. The van der Waals surface area contributed by atoms with Crippen molar-refractivity contribution < 1.29 is 9.53 Å². The molecule has 0 aliphatic heterocycles. The molecule has 0 aliphatic rings. The number of rotatable bonds is 8. The summed E-state index contributed by atoms with van der Waals surface area (Å²) in [6.07, 6.45) is 1.29. The van der Waals surface area contributed by atoms with E-state index in [1.54, 1.807) is 7.11 Å². The number of nitrogens with one attached hydrogen (secondary N) is 1. The highest BCUT2D eigenvalue weighted by molar-refractivity contribution is 5.76. The number of anilines is 1. The smallest absolute Gasteiger partial charge is 0.221 e. The van der Waals surface area contributed by atoms with E-state index in [1.807, 2.05) is 61.6 Å². The maximum absolute atomic E-state index is 11.9. The Labute approximate surface area is 138 Å². The van der Waals surface area contributed by atoms with Crippen LogP contribution in [0.5, 0.6) is 5.75 Å². The largest absolute Gasteiger partial charge is 0.497 e. The van der Waals surface area contributed by atoms with Crippen LogP contribution in [-0.4, -0.2) is 33.2 Å². The molecular formula is C19H24N2O2. The molecule has 2 aromatic rings. The van der Waals surface area contributed by atoms with Gasteiger partial charge in [-0.25, -0.2) is 0 Å². The lowest BCUT2D eigenvalue weighted by Crippen LogP contribution is -2.30. The third-order valence-electron chi connectivity index (χ3n) is 3.74. The van der Waals surface area contributed by atoms with Crippen molar-refractivity contribution in [3.63, 3.8) is 0 Å². The van der Waals surface area contributed by atoms with Crippen molar-refractivity contribution in [1.82, 2.24) is 5.32 Å². The van der Waals surface area contributed by atoms with Gasteiger partial charge < -0.3 is 15.0 Å². The first-order chi connectivity index (χ1) is 11.2. The Kier molecular flexibility index (Phi) is 6.48. The van der Waals surface area contributed by atoms with E-state index in [2.05, 4.69) is 10.2 Å². The second-order valence-electron chi connectivity index (χ2n) is 5.46. The summed E-state index contributed by atoms with van der Waals surface area (Å²) in [5.74, 6) is 0.925. The molecule has 2 rings (SSSR count). The summed E-state index contributed by atoms with van der Waals surface area (Å²) in [4.78, 5) is 14.0. The highest BCUT2D eigenvalue weighted by atomic mass is 16.5. The molecule has 0 fully saturated rings. The van der Waals surface area contributed by atoms with Crippen molar-refractivity contribution in [1.29, 1.82) is 0 Å². The monoisotopic (exact) mass is 312 g/mol. The van der Waals surface area contributed by atoms with Crippen LogP contribution >= 0.6 is 0 Å². The van der Waals surface area contributed by atoms with Gasteiger partial charge in [0.15, 0.2) is 0 Å². The molecule has 0 saturated heterocycles. The first-order valence-electron chi connectivity index (χ1n) is 7.85. The van der Waals surface area contributed by atoms with E-state index in [-0.39, 0.29) is 5.91 Å². The number of methoxy groups -OCH3 is 1. The lowest BCUT2D eigenvalue weighted by molar-refractivity contribution is -0.120. The Bertz CT molecular complexity index is 614. The van der Waals surface area contributed by atoms with Gasteiger partial charge in [-0.2, -0.15) is 0 Å². The second kappa shape index (κ2) is 8.83. The number of nitrogens with zero attached hydrogens (tertiary/aromatic N) is 1. The molecule has 1 N–H and O–H groups in total. The van der Waals surface area contributed by atoms with Gasteiger partial charge in [0, 0.05) is 32.2 Å². The number of benzene rings is 2. The van der Waals surface area contributed by atoms with E-state index in [0.29, 0.717) is 19.5 Å². The topological polar surface area (TPSA) is 41.6 Å². The fraction of sp³-hybridized carbons (Fsp3) is 0.316. The van der Waals surface area contributed by atoms with Crippen molar-refractivity contribution in [2.24, 2.45) is 0 Å². The number of para-hydroxylation sites is 1. The van der Waals surface area contributed by atoms with Crippen LogP contribution in [0.4, 0.5) is 5.69 Å². The number of ether oxygens (including phenoxy) is 1. The molecule has 0 radical (unpaired) electrons. The minimum Gasteiger partial charge on any atom is -0.497 e. The Balaban J connectivity index is 1.69. The summed E-state index contributed by atoms with van der Waals surface area (Å²) in [7, 11) is 3.66. The molecule has 4 nitrogen and oxygen atoms in total. The van der Waals surface area contributed by atoms with Gasteiger partial charge >= 0.3 is 0 Å². The number of carbonyl (C=O) groups excluding carboxylic acids is 1. The molecule has 2 aromatic carbocycles. The van der Waals surface area contributed by atoms with E-state index in [4.69, 9.17) is 4.74 Å². The Morgan fingerprint density at radius 3 is 2.65 bits per heavy atom. The summed E-state index contributed by atoms with van der Waals surface area (Å²) < 4.78 is 5.20. The van der Waals surface area contributed by atoms with Crippen molar-refractivity contribution in [2.45, 2.75) is 12.8 Å². The average Bonchev–Trinajstić information content (AvgIpc) is 2.60. The normalized spacial score (nSPS) is 10.2. The molecule has 23 heavy (non-hydrogen) atoms. The van der Waals surface area contributed by atoms with Crippen molar-refractivity contribution in [2.75, 3.05) is 32.1 Å². The van der Waals surface area contributed by atoms with Crippen LogP contribution in [0.15, 0.2) is 54.6 Å². The minimum atomic E-state index is 0.0793. The van der Waals surface area contributed by atoms with Gasteiger partial charge in [-0.3, -0.25) is 4.79 Å². The molecule has 1 amide bonds. The van der Waals surface area contributed by atoms with Crippen LogP contribution in [0.25, 0.3) is 0 Å². The van der Waals surface area contributed by atoms with Gasteiger partial charge in [-0.1, -0.05) is 30.3 Å². The molecule has 0 atom stereocenters. The highest BCUT2D eigenvalue weighted by Crippen LogP contribution is 2.13. The Morgan fingerprint density at radius 2 is 1.91 bits per heavy atom. The van der Waals surface area contributed by atoms with Crippen molar-refractivity contribution >= 4 is 11.6 Å². The van der Waals surface area contributed by atoms with Gasteiger partial charge in [-0.05, 0) is 36.2 Å². The van der Waals surface area contributed by atoms with E-state index >= 15 is 0 Å². The molecule has 0 aliphatic carbocycles. The van der Waals surface area contributed by atoms with Crippen LogP contribution in [0.2, 0.25) is 0 Å². The summed E-state index contributed by atoms with van der Waals surface area (Å²) in [5.41, 5.74) is 2.28. The summed E-state index contributed by atoms with van der Waals surface area (Å²) in [6, 6.07) is 18.0. The molecule has 0 saturated carbocycles. The molecule has 0 bridgehead atoms. The van der Waals surface area contributed by atoms with Crippen LogP contribution in [0.1, 0.15) is 12.0 Å². The lowest BCUT2D eigenvalue weighted by Gasteiger charge is -2.18. The van der Waals surface area contributed by atoms with Gasteiger partial charge in [0.25, 0.3) is 0 Å². The predicted octanol–water partition coefficient (Wildman–Crippen LogP) is 2.88. The Morgan fingerprint density at radius 1 is 1.13 bits per heavy atom. The summed E-state index contributed by atoms with van der Waals surface area (Å²) >= 11 is 0. The zero-order chi connectivity index (χ0) is 16.5. The SMILES string of the molecule is COc1cccc(CCNC(=O)CCN(C)c2ccccc2)c1. The quantitative estimate of drug-likeness (QED) is 0.815. The highest BCUT2D eigenvalue weighted by Gasteiger charge is 2.05. The van der Waals surface area contributed by atoms with Crippen LogP contribution < -0.4 is 15.0 Å². The van der Waals surface area contributed by atoms with Gasteiger partial charge in [0.05, 0.1) is 7.11 Å². The molecule has 0 aromatic heterocycles.